The van der Waals surface area contributed by atoms with Gasteiger partial charge in [0.25, 0.3) is 0 Å². The first-order valence-electron chi connectivity index (χ1n) is 14.1. The van der Waals surface area contributed by atoms with Gasteiger partial charge in [0.1, 0.15) is 46.1 Å². The van der Waals surface area contributed by atoms with Crippen LogP contribution in [-0.2, 0) is 14.3 Å². The molecule has 0 aliphatic rings. The van der Waals surface area contributed by atoms with Gasteiger partial charge in [-0.2, -0.15) is 17.9 Å². The van der Waals surface area contributed by atoms with Gasteiger partial charge in [-0.1, -0.05) is 46.4 Å². The number of fused-ring (bicyclic) bond motifs is 2. The van der Waals surface area contributed by atoms with E-state index >= 15 is 0 Å². The molecule has 6 N–H and O–H groups in total. The van der Waals surface area contributed by atoms with E-state index in [1.807, 2.05) is 19.9 Å². The Morgan fingerprint density at radius 3 is 1.63 bits per heavy atom. The Labute approximate surface area is 375 Å². The molecule has 5 heterocycles. The number of hydrogen-bond donors (Lipinski definition) is 4. The molecule has 0 spiro atoms. The van der Waals surface area contributed by atoms with E-state index < -0.39 is 11.9 Å². The third-order valence-electron chi connectivity index (χ3n) is 6.07. The number of halogens is 4. The number of thiol groups is 1. The molecule has 0 saturated heterocycles. The first kappa shape index (κ1) is 50.0. The van der Waals surface area contributed by atoms with E-state index in [9.17, 15) is 14.4 Å². The molecule has 52 heavy (non-hydrogen) atoms. The summed E-state index contributed by atoms with van der Waals surface area (Å²) < 4.78 is 9.41. The van der Waals surface area contributed by atoms with Gasteiger partial charge in [-0.3, -0.25) is 4.79 Å². The number of nitrogens with zero attached hydrogens (tertiary/aromatic N) is 4. The topological polar surface area (TPSA) is 234 Å². The molecule has 0 aromatic carbocycles. The fourth-order valence-corrected chi connectivity index (χ4v) is 7.32. The zero-order valence-electron chi connectivity index (χ0n) is 28.5. The zero-order chi connectivity index (χ0) is 37.9. The summed E-state index contributed by atoms with van der Waals surface area (Å²) in [6.07, 6.45) is 0. The maximum Gasteiger partial charge on any atom is 1.00 e. The van der Waals surface area contributed by atoms with Gasteiger partial charge in [0, 0.05) is 10.8 Å². The summed E-state index contributed by atoms with van der Waals surface area (Å²) in [5.41, 5.74) is 15.3. The number of pyridine rings is 3. The summed E-state index contributed by atoms with van der Waals surface area (Å²) in [4.78, 5) is 46.3. The Kier molecular flexibility index (Phi) is 22.8. The van der Waals surface area contributed by atoms with Gasteiger partial charge in [-0.15, -0.1) is 22.7 Å². The number of ether oxygens (including phenoxy) is 2. The fourth-order valence-electron chi connectivity index (χ4n) is 3.99. The number of aromatic nitrogens is 3. The molecule has 5 rings (SSSR count). The standard InChI is InChI=1S/C11H11ClN2O2S.C9H7ClN2O2S.C7H4Cl2N2.C4H8O2S.K.H2O/c1-3-16-11(15)9-8(13)7-5(2)4-6(12)14-10(7)17-9;1-3-2-4(10)12-8-5(3)6(11)7(15-8)9(13)14;1-4-2-6(8)11-7(9)5(4)3-10;1-2-6-4(5)3-7;;/h4H,3,13H2,1-2H3;2H,11H2,1H3,(H,13,14);2H,1H3;7H,2-3H2,1H3;;1H2/q;;;;+1;/p-1. The molecule has 0 fully saturated rings. The van der Waals surface area contributed by atoms with Gasteiger partial charge in [0.2, 0.25) is 0 Å². The smallest absolute Gasteiger partial charge is 0.870 e. The average Bonchev–Trinajstić information content (AvgIpc) is 3.54. The van der Waals surface area contributed by atoms with Crippen molar-refractivity contribution < 1.29 is 85.8 Å². The van der Waals surface area contributed by atoms with E-state index in [0.717, 1.165) is 33.4 Å². The number of anilines is 2. The van der Waals surface area contributed by atoms with Crippen molar-refractivity contribution >= 4 is 131 Å². The fraction of sp³-hybridized carbons (Fsp3) is 0.258. The zero-order valence-corrected chi connectivity index (χ0v) is 37.2. The van der Waals surface area contributed by atoms with Crippen LogP contribution in [0.15, 0.2) is 18.2 Å². The van der Waals surface area contributed by atoms with E-state index in [1.54, 1.807) is 39.0 Å². The number of aromatic carboxylic acids is 1. The largest absolute Gasteiger partial charge is 1.00 e. The maximum atomic E-state index is 11.7. The Morgan fingerprint density at radius 1 is 0.827 bits per heavy atom. The average molecular weight is 877 g/mol. The van der Waals surface area contributed by atoms with Crippen molar-refractivity contribution in [3.8, 4) is 6.07 Å². The number of nitrogen functional groups attached to an aromatic ring is 2. The predicted octanol–water partition coefficient (Wildman–Crippen LogP) is 5.43. The molecule has 5 aromatic rings. The molecule has 21 heteroatoms. The second-order valence-corrected chi connectivity index (χ2v) is 13.4. The minimum Gasteiger partial charge on any atom is -0.870 e. The SMILES string of the molecule is CCOC(=O)CS.CCOC(=O)c1sc2nc(Cl)cc(C)c2c1N.Cc1cc(Cl)nc(Cl)c1C#N.Cc1cc(Cl)nc2sc(C(=O)O)c(N)c12.[K+].[OH-]. The molecular formula is C31H31Cl4KN6O7S3. The van der Waals surface area contributed by atoms with E-state index in [4.69, 9.17) is 73.0 Å². The van der Waals surface area contributed by atoms with Crippen molar-refractivity contribution in [1.82, 2.24) is 15.0 Å². The molecule has 274 valence electrons. The van der Waals surface area contributed by atoms with E-state index in [-0.39, 0.29) is 84.3 Å². The minimum atomic E-state index is -1.04. The number of esters is 2. The minimum absolute atomic E-state index is 0. The molecular weight excluding hydrogens is 845 g/mol. The van der Waals surface area contributed by atoms with Crippen molar-refractivity contribution in [2.45, 2.75) is 34.6 Å². The molecule has 0 aliphatic carbocycles. The number of carboxylic acids is 1. The van der Waals surface area contributed by atoms with Gasteiger partial charge >= 0.3 is 69.3 Å². The summed E-state index contributed by atoms with van der Waals surface area (Å²) in [7, 11) is 0. The number of nitrogens with two attached hydrogens (primary N) is 2. The van der Waals surface area contributed by atoms with E-state index in [1.165, 1.54) is 11.3 Å². The van der Waals surface area contributed by atoms with Crippen molar-refractivity contribution in [2.75, 3.05) is 30.4 Å². The second-order valence-electron chi connectivity index (χ2n) is 9.60. The summed E-state index contributed by atoms with van der Waals surface area (Å²) >= 11 is 28.7. The van der Waals surface area contributed by atoms with Crippen molar-refractivity contribution in [1.29, 1.82) is 5.26 Å². The number of nitriles is 1. The first-order chi connectivity index (χ1) is 23.5. The molecule has 13 nitrogen and oxygen atoms in total. The summed E-state index contributed by atoms with van der Waals surface area (Å²) in [6.45, 7) is 9.75. The van der Waals surface area contributed by atoms with Crippen LogP contribution in [0.25, 0.3) is 20.4 Å². The molecule has 0 saturated carbocycles. The van der Waals surface area contributed by atoms with Crippen LogP contribution in [-0.4, -0.2) is 62.4 Å². The molecule has 0 unspecified atom stereocenters. The Bertz CT molecular complexity index is 2070. The third kappa shape index (κ3) is 13.7. The van der Waals surface area contributed by atoms with Gasteiger partial charge in [-0.25, -0.2) is 24.5 Å². The van der Waals surface area contributed by atoms with Crippen LogP contribution in [0.5, 0.6) is 0 Å². The number of aryl methyl sites for hydroxylation is 3. The third-order valence-corrected chi connectivity index (χ3v) is 9.35. The Morgan fingerprint density at radius 2 is 1.25 bits per heavy atom. The van der Waals surface area contributed by atoms with Crippen LogP contribution in [0.4, 0.5) is 11.4 Å². The number of rotatable bonds is 5. The van der Waals surface area contributed by atoms with Crippen LogP contribution >= 0.6 is 81.7 Å². The first-order valence-corrected chi connectivity index (χ1v) is 17.9. The normalized spacial score (nSPS) is 9.71. The van der Waals surface area contributed by atoms with Crippen LogP contribution in [0, 0.1) is 32.1 Å². The van der Waals surface area contributed by atoms with E-state index in [2.05, 4.69) is 32.3 Å². The number of carbonyl (C=O) groups excluding carboxylic acids is 2. The maximum absolute atomic E-state index is 11.7. The van der Waals surface area contributed by atoms with Crippen molar-refractivity contribution in [3.05, 3.63) is 70.8 Å². The molecule has 0 amide bonds. The van der Waals surface area contributed by atoms with Crippen LogP contribution in [0.1, 0.15) is 55.4 Å². The number of thiophene rings is 2. The van der Waals surface area contributed by atoms with Crippen LogP contribution < -0.4 is 62.9 Å². The molecule has 0 atom stereocenters. The van der Waals surface area contributed by atoms with Crippen molar-refractivity contribution in [2.24, 2.45) is 0 Å². The predicted molar refractivity (Wildman–Crippen MR) is 207 cm³/mol. The summed E-state index contributed by atoms with van der Waals surface area (Å²) in [5, 5.41) is 20.1. The molecule has 5 aromatic heterocycles. The Balaban J connectivity index is 0.000000688. The number of hydrogen-bond acceptors (Lipinski definition) is 15. The Hall–Kier alpha value is -2.02. The molecule has 0 bridgehead atoms. The van der Waals surface area contributed by atoms with Gasteiger partial charge in [0.15, 0.2) is 0 Å². The quantitative estimate of drug-likeness (QED) is 0.0747. The van der Waals surface area contributed by atoms with Crippen LogP contribution in [0.3, 0.4) is 0 Å². The van der Waals surface area contributed by atoms with Gasteiger partial charge < -0.3 is 31.5 Å². The number of carboxylic acid groups (broad SMARTS) is 1. The van der Waals surface area contributed by atoms with Crippen molar-refractivity contribution in [3.63, 3.8) is 0 Å². The molecule has 0 radical (unpaired) electrons. The monoisotopic (exact) mass is 874 g/mol. The number of carbonyl (C=O) groups is 3. The van der Waals surface area contributed by atoms with Gasteiger partial charge in [-0.05, 0) is 69.5 Å². The summed E-state index contributed by atoms with van der Waals surface area (Å²) in [5.74, 6) is -1.53. The van der Waals surface area contributed by atoms with E-state index in [0.29, 0.717) is 59.8 Å². The van der Waals surface area contributed by atoms with Gasteiger partial charge in [0.05, 0.1) is 35.9 Å². The van der Waals surface area contributed by atoms with Crippen LogP contribution in [0.2, 0.25) is 20.6 Å². The molecule has 0 aliphatic heterocycles. The second kappa shape index (κ2) is 23.7. The summed E-state index contributed by atoms with van der Waals surface area (Å²) in [6, 6.07) is 6.93.